The van der Waals surface area contributed by atoms with E-state index >= 15 is 4.39 Å². The number of nitrogens with zero attached hydrogens (tertiary/aromatic N) is 4. The highest BCUT2D eigenvalue weighted by atomic mass is 35.5. The van der Waals surface area contributed by atoms with Gasteiger partial charge in [-0.3, -0.25) is 9.59 Å². The van der Waals surface area contributed by atoms with Gasteiger partial charge in [-0.05, 0) is 89.1 Å². The predicted octanol–water partition coefficient (Wildman–Crippen LogP) is 8.14. The number of alkyl carbamates (subject to hydrolysis) is 2. The van der Waals surface area contributed by atoms with Gasteiger partial charge in [0.2, 0.25) is 11.8 Å². The Kier molecular flexibility index (Phi) is 10.5. The highest BCUT2D eigenvalue weighted by molar-refractivity contribution is 6.32. The van der Waals surface area contributed by atoms with E-state index in [0.717, 1.165) is 33.8 Å². The van der Waals surface area contributed by atoms with E-state index in [1.807, 2.05) is 73.9 Å². The van der Waals surface area contributed by atoms with Crippen molar-refractivity contribution in [1.29, 1.82) is 0 Å². The van der Waals surface area contributed by atoms with Crippen molar-refractivity contribution in [1.82, 2.24) is 40.4 Å². The third-order valence-corrected chi connectivity index (χ3v) is 14.2. The van der Waals surface area contributed by atoms with Crippen molar-refractivity contribution in [2.45, 2.75) is 90.6 Å². The van der Waals surface area contributed by atoms with Gasteiger partial charge in [-0.15, -0.1) is 0 Å². The number of rotatable bonds is 10. The van der Waals surface area contributed by atoms with Crippen LogP contribution in [0.1, 0.15) is 78.1 Å². The lowest BCUT2D eigenvalue weighted by Crippen LogP contribution is -2.52. The number of imidazole rings is 2. The number of benzene rings is 3. The summed E-state index contributed by atoms with van der Waals surface area (Å²) in [6.07, 6.45) is 0.138. The lowest BCUT2D eigenvalue weighted by atomic mass is 9.99. The van der Waals surface area contributed by atoms with Gasteiger partial charge in [0.05, 0.1) is 37.3 Å². The molecular formula is C46H52ClFN8O6. The van der Waals surface area contributed by atoms with Crippen molar-refractivity contribution in [3.05, 3.63) is 71.2 Å². The number of likely N-dealkylation sites (tertiary alicyclic amines) is 2. The van der Waals surface area contributed by atoms with E-state index in [4.69, 9.17) is 31.0 Å². The number of amides is 4. The molecule has 2 aliphatic heterocycles. The van der Waals surface area contributed by atoms with Crippen LogP contribution in [0.5, 0.6) is 0 Å². The summed E-state index contributed by atoms with van der Waals surface area (Å²) in [5.74, 6) is 1.31. The quantitative estimate of drug-likeness (QED) is 0.109. The zero-order valence-electron chi connectivity index (χ0n) is 36.0. The van der Waals surface area contributed by atoms with Crippen LogP contribution in [0.4, 0.5) is 14.0 Å². The molecule has 4 heterocycles. The third-order valence-electron chi connectivity index (χ3n) is 14.0. The molecule has 4 amide bonds. The van der Waals surface area contributed by atoms with Crippen LogP contribution in [0.2, 0.25) is 5.15 Å². The van der Waals surface area contributed by atoms with Crippen LogP contribution in [-0.4, -0.2) is 92.1 Å². The molecule has 5 aromatic rings. The summed E-state index contributed by atoms with van der Waals surface area (Å²) in [4.78, 5) is 72.7. The number of H-pyrrole nitrogens is 2. The topological polar surface area (TPSA) is 175 Å². The Morgan fingerprint density at radius 1 is 0.758 bits per heavy atom. The first kappa shape index (κ1) is 41.6. The molecule has 4 aliphatic rings. The molecule has 4 fully saturated rings. The normalized spacial score (nSPS) is 25.8. The second kappa shape index (κ2) is 15.6. The fraction of sp³-hybridized carbons (Fsp3) is 0.478. The standard InChI is InChI=1S/C46H52ClFN8O6/c1-19(2)34(52-45(59)61-7)43(57)55-32(17-28-21(5)38(28)55)41-49-31-14-11-25-15-23(9-12-26(25)36(31)50-41)24-10-13-27(30(48)16-24)37-40(47)54-42(51-37)33-18-29-22(6)39(29)56(33)44(58)35(20(3)4)53-46(60)62-8/h9-16,19-22,28-29,32-35,38-39H,17-18H2,1-8H3,(H,49,50)(H,51,54)(H,52,59)(H,53,60)/t21?,22?,28-,29-,32-,33-,34-,35-,38+,39+/m0/s1. The van der Waals surface area contributed by atoms with E-state index in [-0.39, 0.29) is 64.1 Å². The number of piperidine rings is 2. The maximum absolute atomic E-state index is 16.2. The fourth-order valence-electron chi connectivity index (χ4n) is 10.4. The van der Waals surface area contributed by atoms with Crippen LogP contribution in [-0.2, 0) is 19.1 Å². The van der Waals surface area contributed by atoms with Crippen LogP contribution in [0.15, 0.2) is 48.5 Å². The number of fused-ring (bicyclic) bond motifs is 5. The molecule has 326 valence electrons. The number of aromatic amines is 2. The number of nitrogens with one attached hydrogen (secondary N) is 4. The summed E-state index contributed by atoms with van der Waals surface area (Å²) in [7, 11) is 2.55. The van der Waals surface area contributed by atoms with Crippen molar-refractivity contribution >= 4 is 57.4 Å². The van der Waals surface area contributed by atoms with Crippen molar-refractivity contribution in [2.24, 2.45) is 35.5 Å². The number of aromatic nitrogens is 4. The summed E-state index contributed by atoms with van der Waals surface area (Å²) in [5.41, 5.74) is 3.56. The molecule has 0 bridgehead atoms. The number of methoxy groups -OCH3 is 2. The Bertz CT molecular complexity index is 2630. The highest BCUT2D eigenvalue weighted by Gasteiger charge is 2.63. The first-order valence-electron chi connectivity index (χ1n) is 21.4. The van der Waals surface area contributed by atoms with Crippen molar-refractivity contribution in [2.75, 3.05) is 14.2 Å². The molecule has 14 nitrogen and oxygen atoms in total. The van der Waals surface area contributed by atoms with Gasteiger partial charge in [-0.25, -0.2) is 23.9 Å². The average molecular weight is 867 g/mol. The monoisotopic (exact) mass is 866 g/mol. The average Bonchev–Trinajstić information content (AvgIpc) is 3.69. The van der Waals surface area contributed by atoms with Crippen LogP contribution >= 0.6 is 11.6 Å². The second-order valence-corrected chi connectivity index (χ2v) is 18.6. The molecule has 62 heavy (non-hydrogen) atoms. The number of hydrogen-bond donors (Lipinski definition) is 4. The van der Waals surface area contributed by atoms with E-state index in [0.29, 0.717) is 41.4 Å². The second-order valence-electron chi connectivity index (χ2n) is 18.2. The van der Waals surface area contributed by atoms with Crippen LogP contribution in [0.25, 0.3) is 44.2 Å². The molecule has 2 aliphatic carbocycles. The van der Waals surface area contributed by atoms with Crippen molar-refractivity contribution < 1.29 is 33.0 Å². The molecule has 2 saturated carbocycles. The van der Waals surface area contributed by atoms with Gasteiger partial charge in [-0.1, -0.05) is 77.4 Å². The number of carbonyl (C=O) groups is 4. The predicted molar refractivity (Wildman–Crippen MR) is 231 cm³/mol. The number of ether oxygens (including phenoxy) is 2. The molecule has 9 rings (SSSR count). The largest absolute Gasteiger partial charge is 0.453 e. The highest BCUT2D eigenvalue weighted by Crippen LogP contribution is 2.59. The summed E-state index contributed by atoms with van der Waals surface area (Å²) < 4.78 is 25.8. The summed E-state index contributed by atoms with van der Waals surface area (Å²) >= 11 is 6.73. The molecular weight excluding hydrogens is 815 g/mol. The Morgan fingerprint density at radius 3 is 1.82 bits per heavy atom. The fourth-order valence-corrected chi connectivity index (χ4v) is 10.6. The van der Waals surface area contributed by atoms with Crippen LogP contribution in [0.3, 0.4) is 0 Å². The minimum Gasteiger partial charge on any atom is -0.453 e. The molecule has 2 saturated heterocycles. The zero-order chi connectivity index (χ0) is 44.0. The maximum Gasteiger partial charge on any atom is 0.407 e. The Balaban J connectivity index is 0.962. The minimum atomic E-state index is -0.791. The van der Waals surface area contributed by atoms with Gasteiger partial charge in [0.1, 0.15) is 40.4 Å². The molecule has 2 unspecified atom stereocenters. The van der Waals surface area contributed by atoms with E-state index in [1.165, 1.54) is 20.3 Å². The summed E-state index contributed by atoms with van der Waals surface area (Å²) in [5, 5.41) is 7.44. The maximum atomic E-state index is 16.2. The molecule has 0 spiro atoms. The Labute approximate surface area is 363 Å². The molecule has 0 radical (unpaired) electrons. The lowest BCUT2D eigenvalue weighted by molar-refractivity contribution is -0.137. The zero-order valence-corrected chi connectivity index (χ0v) is 36.7. The van der Waals surface area contributed by atoms with E-state index < -0.39 is 36.1 Å². The summed E-state index contributed by atoms with van der Waals surface area (Å²) in [6.45, 7) is 11.8. The van der Waals surface area contributed by atoms with Gasteiger partial charge < -0.3 is 39.9 Å². The van der Waals surface area contributed by atoms with E-state index in [9.17, 15) is 19.2 Å². The Hall–Kier alpha value is -5.70. The number of carbonyl (C=O) groups excluding carboxylic acids is 4. The van der Waals surface area contributed by atoms with Crippen molar-refractivity contribution in [3.8, 4) is 22.4 Å². The van der Waals surface area contributed by atoms with Gasteiger partial charge in [0.15, 0.2) is 0 Å². The molecule has 4 N–H and O–H groups in total. The van der Waals surface area contributed by atoms with Crippen LogP contribution in [0, 0.1) is 41.3 Å². The lowest BCUT2D eigenvalue weighted by Gasteiger charge is -2.32. The molecule has 3 aromatic carbocycles. The van der Waals surface area contributed by atoms with Crippen molar-refractivity contribution in [3.63, 3.8) is 0 Å². The third kappa shape index (κ3) is 6.92. The van der Waals surface area contributed by atoms with E-state index in [1.54, 1.807) is 6.07 Å². The first-order chi connectivity index (χ1) is 29.6. The molecule has 10 atom stereocenters. The SMILES string of the molecule is COC(=O)N[C@H](C(=O)N1[C@@H]2C(C)[C@@H]2C[C@H]1c1nc(-c2ccc(-c3ccc4c(ccc5[nH]c([C@@H]6C[C@H]7C(C)[C@H]7N6C(=O)[C@@H](NC(=O)OC)C(C)C)nc54)c3)cc2F)c(Cl)[nH]1)C(C)C. The number of halogens is 2. The number of hydrogen-bond acceptors (Lipinski definition) is 8. The Morgan fingerprint density at radius 2 is 1.29 bits per heavy atom. The minimum absolute atomic E-state index is 0.00765. The molecule has 2 aromatic heterocycles. The summed E-state index contributed by atoms with van der Waals surface area (Å²) in [6, 6.07) is 12.8. The van der Waals surface area contributed by atoms with Gasteiger partial charge in [0, 0.05) is 23.0 Å². The molecule has 16 heteroatoms. The smallest absolute Gasteiger partial charge is 0.407 e. The van der Waals surface area contributed by atoms with Crippen LogP contribution < -0.4 is 10.6 Å². The van der Waals surface area contributed by atoms with Gasteiger partial charge >= 0.3 is 12.2 Å². The van der Waals surface area contributed by atoms with Gasteiger partial charge in [-0.2, -0.15) is 0 Å². The van der Waals surface area contributed by atoms with E-state index in [2.05, 4.69) is 34.4 Å². The van der Waals surface area contributed by atoms with Gasteiger partial charge in [0.25, 0.3) is 0 Å². The first-order valence-corrected chi connectivity index (χ1v) is 21.8.